The average molecular weight is 336 g/mol. The van der Waals surface area contributed by atoms with Crippen molar-refractivity contribution in [3.05, 3.63) is 46.0 Å². The number of nitrogens with zero attached hydrogens (tertiary/aromatic N) is 2. The molecular weight excluding hydrogens is 322 g/mol. The summed E-state index contributed by atoms with van der Waals surface area (Å²) in [5, 5.41) is 3.36. The molecule has 2 heterocycles. The second-order valence-corrected chi connectivity index (χ2v) is 5.36. The normalized spacial score (nSPS) is 12.7. The van der Waals surface area contributed by atoms with Gasteiger partial charge in [0.25, 0.3) is 0 Å². The maximum Gasteiger partial charge on any atom is 0.231 e. The predicted octanol–water partition coefficient (Wildman–Crippen LogP) is 2.57. The zero-order valence-corrected chi connectivity index (χ0v) is 12.6. The van der Waals surface area contributed by atoms with E-state index in [4.69, 9.17) is 9.47 Å². The van der Waals surface area contributed by atoms with Crippen LogP contribution in [-0.4, -0.2) is 16.8 Å². The second-order valence-electron chi connectivity index (χ2n) is 4.51. The van der Waals surface area contributed by atoms with Crippen LogP contribution in [0.1, 0.15) is 17.1 Å². The minimum Gasteiger partial charge on any atom is -0.454 e. The number of hydrogen-bond donors (Lipinski definition) is 1. The molecule has 1 aliphatic rings. The van der Waals surface area contributed by atoms with E-state index >= 15 is 0 Å². The Kier molecular flexibility index (Phi) is 3.84. The van der Waals surface area contributed by atoms with E-state index in [1.165, 1.54) is 0 Å². The van der Waals surface area contributed by atoms with E-state index < -0.39 is 0 Å². The number of aryl methyl sites for hydroxylation is 1. The first-order valence-electron chi connectivity index (χ1n) is 6.29. The molecule has 0 atom stereocenters. The topological polar surface area (TPSA) is 56.3 Å². The Morgan fingerprint density at radius 2 is 2.20 bits per heavy atom. The SMILES string of the molecule is Cc1nccc(CNCc2cc(Br)c3c(c2)OCO3)n1. The quantitative estimate of drug-likeness (QED) is 0.930. The highest BCUT2D eigenvalue weighted by atomic mass is 79.9. The van der Waals surface area contributed by atoms with Crippen LogP contribution in [0.5, 0.6) is 11.5 Å². The number of nitrogens with one attached hydrogen (secondary N) is 1. The third kappa shape index (κ3) is 2.91. The summed E-state index contributed by atoms with van der Waals surface area (Å²) in [5.74, 6) is 2.35. The minimum absolute atomic E-state index is 0.283. The molecule has 1 N–H and O–H groups in total. The molecule has 5 nitrogen and oxygen atoms in total. The maximum atomic E-state index is 5.40. The molecular formula is C14H14BrN3O2. The Balaban J connectivity index is 1.63. The summed E-state index contributed by atoms with van der Waals surface area (Å²) in [6.07, 6.45) is 1.77. The van der Waals surface area contributed by atoms with Crippen molar-refractivity contribution in [3.8, 4) is 11.5 Å². The van der Waals surface area contributed by atoms with Crippen LogP contribution in [0, 0.1) is 6.92 Å². The Morgan fingerprint density at radius 1 is 1.30 bits per heavy atom. The van der Waals surface area contributed by atoms with Gasteiger partial charge in [0.2, 0.25) is 6.79 Å². The smallest absolute Gasteiger partial charge is 0.231 e. The molecule has 0 radical (unpaired) electrons. The Hall–Kier alpha value is -1.66. The number of fused-ring (bicyclic) bond motifs is 1. The van der Waals surface area contributed by atoms with E-state index in [1.807, 2.05) is 25.1 Å². The van der Waals surface area contributed by atoms with Gasteiger partial charge in [-0.1, -0.05) is 0 Å². The number of hydrogen-bond acceptors (Lipinski definition) is 5. The van der Waals surface area contributed by atoms with Gasteiger partial charge in [-0.05, 0) is 46.6 Å². The lowest BCUT2D eigenvalue weighted by molar-refractivity contribution is 0.173. The molecule has 1 aromatic carbocycles. The van der Waals surface area contributed by atoms with Gasteiger partial charge in [-0.15, -0.1) is 0 Å². The van der Waals surface area contributed by atoms with Gasteiger partial charge in [0.1, 0.15) is 5.82 Å². The van der Waals surface area contributed by atoms with Gasteiger partial charge in [0, 0.05) is 19.3 Å². The highest BCUT2D eigenvalue weighted by Gasteiger charge is 2.17. The lowest BCUT2D eigenvalue weighted by Gasteiger charge is -2.07. The second kappa shape index (κ2) is 5.76. The molecule has 0 aliphatic carbocycles. The van der Waals surface area contributed by atoms with Crippen molar-refractivity contribution in [2.45, 2.75) is 20.0 Å². The molecule has 0 spiro atoms. The van der Waals surface area contributed by atoms with Gasteiger partial charge < -0.3 is 14.8 Å². The predicted molar refractivity (Wildman–Crippen MR) is 77.6 cm³/mol. The summed E-state index contributed by atoms with van der Waals surface area (Å²) < 4.78 is 11.7. The van der Waals surface area contributed by atoms with E-state index in [9.17, 15) is 0 Å². The molecule has 0 saturated carbocycles. The zero-order valence-electron chi connectivity index (χ0n) is 11.0. The van der Waals surface area contributed by atoms with Crippen molar-refractivity contribution in [2.75, 3.05) is 6.79 Å². The number of halogens is 1. The molecule has 3 rings (SSSR count). The number of rotatable bonds is 4. The van der Waals surface area contributed by atoms with Gasteiger partial charge in [0.15, 0.2) is 11.5 Å². The summed E-state index contributed by atoms with van der Waals surface area (Å²) in [4.78, 5) is 8.43. The van der Waals surface area contributed by atoms with Crippen LogP contribution in [0.25, 0.3) is 0 Å². The third-order valence-electron chi connectivity index (χ3n) is 2.96. The van der Waals surface area contributed by atoms with E-state index in [2.05, 4.69) is 31.2 Å². The standard InChI is InChI=1S/C14H14BrN3O2/c1-9-17-3-2-11(18-9)7-16-6-10-4-12(15)14-13(5-10)19-8-20-14/h2-5,16H,6-8H2,1H3. The molecule has 0 amide bonds. The van der Waals surface area contributed by atoms with Crippen molar-refractivity contribution in [1.82, 2.24) is 15.3 Å². The van der Waals surface area contributed by atoms with Crippen LogP contribution < -0.4 is 14.8 Å². The van der Waals surface area contributed by atoms with Gasteiger partial charge in [-0.25, -0.2) is 9.97 Å². The monoisotopic (exact) mass is 335 g/mol. The van der Waals surface area contributed by atoms with E-state index in [0.29, 0.717) is 6.54 Å². The third-order valence-corrected chi connectivity index (χ3v) is 3.54. The van der Waals surface area contributed by atoms with Crippen LogP contribution in [-0.2, 0) is 13.1 Å². The van der Waals surface area contributed by atoms with Crippen LogP contribution in [0.2, 0.25) is 0 Å². The van der Waals surface area contributed by atoms with Crippen molar-refractivity contribution in [2.24, 2.45) is 0 Å². The minimum atomic E-state index is 0.283. The molecule has 0 saturated heterocycles. The fraction of sp³-hybridized carbons (Fsp3) is 0.286. The molecule has 0 bridgehead atoms. The lowest BCUT2D eigenvalue weighted by Crippen LogP contribution is -2.14. The first-order valence-corrected chi connectivity index (χ1v) is 7.09. The summed E-state index contributed by atoms with van der Waals surface area (Å²) >= 11 is 3.49. The molecule has 2 aromatic rings. The molecule has 20 heavy (non-hydrogen) atoms. The molecule has 0 unspecified atom stereocenters. The van der Waals surface area contributed by atoms with Gasteiger partial charge in [0.05, 0.1) is 10.2 Å². The van der Waals surface area contributed by atoms with Crippen molar-refractivity contribution in [3.63, 3.8) is 0 Å². The maximum absolute atomic E-state index is 5.40. The van der Waals surface area contributed by atoms with Crippen LogP contribution >= 0.6 is 15.9 Å². The first kappa shape index (κ1) is 13.3. The van der Waals surface area contributed by atoms with Crippen LogP contribution in [0.15, 0.2) is 28.9 Å². The van der Waals surface area contributed by atoms with Crippen LogP contribution in [0.3, 0.4) is 0 Å². The number of benzene rings is 1. The summed E-state index contributed by atoms with van der Waals surface area (Å²) in [6.45, 7) is 3.61. The largest absolute Gasteiger partial charge is 0.454 e. The van der Waals surface area contributed by atoms with Gasteiger partial charge >= 0.3 is 0 Å². The van der Waals surface area contributed by atoms with Gasteiger partial charge in [-0.3, -0.25) is 0 Å². The van der Waals surface area contributed by atoms with Crippen molar-refractivity contribution < 1.29 is 9.47 Å². The lowest BCUT2D eigenvalue weighted by atomic mass is 10.2. The molecule has 6 heteroatoms. The fourth-order valence-electron chi connectivity index (χ4n) is 2.06. The fourth-order valence-corrected chi connectivity index (χ4v) is 2.67. The van der Waals surface area contributed by atoms with E-state index in [1.54, 1.807) is 6.20 Å². The number of ether oxygens (including phenoxy) is 2. The summed E-state index contributed by atoms with van der Waals surface area (Å²) in [7, 11) is 0. The summed E-state index contributed by atoms with van der Waals surface area (Å²) in [5.41, 5.74) is 2.12. The molecule has 1 aromatic heterocycles. The molecule has 104 valence electrons. The zero-order chi connectivity index (χ0) is 13.9. The summed E-state index contributed by atoms with van der Waals surface area (Å²) in [6, 6.07) is 5.94. The first-order chi connectivity index (χ1) is 9.72. The average Bonchev–Trinajstić information content (AvgIpc) is 2.88. The van der Waals surface area contributed by atoms with Gasteiger partial charge in [-0.2, -0.15) is 0 Å². The van der Waals surface area contributed by atoms with E-state index in [-0.39, 0.29) is 6.79 Å². The molecule has 1 aliphatic heterocycles. The van der Waals surface area contributed by atoms with E-state index in [0.717, 1.165) is 39.6 Å². The number of aromatic nitrogens is 2. The Morgan fingerprint density at radius 3 is 3.05 bits per heavy atom. The Labute approximate surface area is 125 Å². The van der Waals surface area contributed by atoms with Crippen molar-refractivity contribution >= 4 is 15.9 Å². The molecule has 0 fully saturated rings. The highest BCUT2D eigenvalue weighted by Crippen LogP contribution is 2.39. The van der Waals surface area contributed by atoms with Crippen LogP contribution in [0.4, 0.5) is 0 Å². The Bertz CT molecular complexity index is 634. The van der Waals surface area contributed by atoms with Crippen molar-refractivity contribution in [1.29, 1.82) is 0 Å². The highest BCUT2D eigenvalue weighted by molar-refractivity contribution is 9.10.